The zero-order valence-electron chi connectivity index (χ0n) is 8.36. The van der Waals surface area contributed by atoms with Crippen LogP contribution < -0.4 is 4.74 Å². The fraction of sp³-hybridized carbons (Fsp3) is 0.364. The quantitative estimate of drug-likeness (QED) is 0.730. The van der Waals surface area contributed by atoms with Crippen molar-refractivity contribution in [2.45, 2.75) is 13.0 Å². The number of nitrogens with zero attached hydrogens (tertiary/aromatic N) is 1. The Morgan fingerprint density at radius 2 is 2.29 bits per heavy atom. The molecule has 0 spiro atoms. The molecule has 1 aromatic carbocycles. The van der Waals surface area contributed by atoms with E-state index in [4.69, 9.17) is 14.7 Å². The van der Waals surface area contributed by atoms with Crippen LogP contribution in [0.4, 0.5) is 0 Å². The normalized spacial score (nSPS) is 11.8. The molecular weight excluding hydrogens is 178 g/mol. The molecule has 0 saturated heterocycles. The Morgan fingerprint density at radius 3 is 2.93 bits per heavy atom. The second kappa shape index (κ2) is 5.25. The first kappa shape index (κ1) is 10.6. The minimum atomic E-state index is 0.0562. The van der Waals surface area contributed by atoms with Gasteiger partial charge in [0, 0.05) is 7.11 Å². The van der Waals surface area contributed by atoms with Gasteiger partial charge in [-0.25, -0.2) is 0 Å². The Hall–Kier alpha value is -1.53. The van der Waals surface area contributed by atoms with E-state index in [-0.39, 0.29) is 6.10 Å². The lowest BCUT2D eigenvalue weighted by molar-refractivity contribution is 0.0716. The third-order valence-electron chi connectivity index (χ3n) is 1.85. The van der Waals surface area contributed by atoms with Crippen LogP contribution in [0.5, 0.6) is 5.75 Å². The summed E-state index contributed by atoms with van der Waals surface area (Å²) in [5.74, 6) is 0.702. The fourth-order valence-corrected chi connectivity index (χ4v) is 0.937. The lowest BCUT2D eigenvalue weighted by atomic mass is 10.2. The van der Waals surface area contributed by atoms with Crippen LogP contribution in [0.1, 0.15) is 12.5 Å². The van der Waals surface area contributed by atoms with Crippen molar-refractivity contribution in [2.75, 3.05) is 13.7 Å². The van der Waals surface area contributed by atoms with Crippen molar-refractivity contribution in [3.05, 3.63) is 29.8 Å². The highest BCUT2D eigenvalue weighted by Gasteiger charge is 2.01. The van der Waals surface area contributed by atoms with Gasteiger partial charge in [-0.3, -0.25) is 0 Å². The van der Waals surface area contributed by atoms with E-state index in [1.807, 2.05) is 13.0 Å². The molecule has 0 aliphatic heterocycles. The smallest absolute Gasteiger partial charge is 0.120 e. The number of benzene rings is 1. The standard InChI is InChI=1S/C11H13NO2/c1-9(13-2)8-14-11-5-3-4-10(6-11)7-12/h3-6,9H,8H2,1-2H3. The van der Waals surface area contributed by atoms with Gasteiger partial charge in [0.1, 0.15) is 12.4 Å². The maximum Gasteiger partial charge on any atom is 0.120 e. The number of hydrogen-bond acceptors (Lipinski definition) is 3. The number of nitriles is 1. The van der Waals surface area contributed by atoms with Gasteiger partial charge in [-0.05, 0) is 25.1 Å². The van der Waals surface area contributed by atoms with E-state index in [0.717, 1.165) is 0 Å². The van der Waals surface area contributed by atoms with E-state index in [1.54, 1.807) is 25.3 Å². The zero-order valence-corrected chi connectivity index (χ0v) is 8.36. The van der Waals surface area contributed by atoms with Crippen molar-refractivity contribution in [3.8, 4) is 11.8 Å². The predicted octanol–water partition coefficient (Wildman–Crippen LogP) is 1.97. The molecule has 1 rings (SSSR count). The molecule has 3 heteroatoms. The Morgan fingerprint density at radius 1 is 1.50 bits per heavy atom. The van der Waals surface area contributed by atoms with Gasteiger partial charge in [0.05, 0.1) is 17.7 Å². The highest BCUT2D eigenvalue weighted by atomic mass is 16.5. The molecule has 1 unspecified atom stereocenters. The molecule has 1 atom stereocenters. The lowest BCUT2D eigenvalue weighted by Gasteiger charge is -2.11. The van der Waals surface area contributed by atoms with Crippen LogP contribution in [0.2, 0.25) is 0 Å². The van der Waals surface area contributed by atoms with Gasteiger partial charge < -0.3 is 9.47 Å². The van der Waals surface area contributed by atoms with Crippen molar-refractivity contribution in [3.63, 3.8) is 0 Å². The van der Waals surface area contributed by atoms with Crippen LogP contribution in [-0.2, 0) is 4.74 Å². The van der Waals surface area contributed by atoms with E-state index in [1.165, 1.54) is 0 Å². The number of hydrogen-bond donors (Lipinski definition) is 0. The monoisotopic (exact) mass is 191 g/mol. The Balaban J connectivity index is 2.55. The van der Waals surface area contributed by atoms with Crippen LogP contribution in [-0.4, -0.2) is 19.8 Å². The third-order valence-corrected chi connectivity index (χ3v) is 1.85. The van der Waals surface area contributed by atoms with Crippen LogP contribution in [0.3, 0.4) is 0 Å². The largest absolute Gasteiger partial charge is 0.491 e. The van der Waals surface area contributed by atoms with Gasteiger partial charge in [0.15, 0.2) is 0 Å². The topological polar surface area (TPSA) is 42.2 Å². The molecule has 0 fully saturated rings. The van der Waals surface area contributed by atoms with Gasteiger partial charge in [0.25, 0.3) is 0 Å². The average molecular weight is 191 g/mol. The van der Waals surface area contributed by atoms with Crippen LogP contribution in [0.15, 0.2) is 24.3 Å². The molecule has 0 heterocycles. The summed E-state index contributed by atoms with van der Waals surface area (Å²) in [4.78, 5) is 0. The first-order valence-corrected chi connectivity index (χ1v) is 4.42. The van der Waals surface area contributed by atoms with Crippen LogP contribution in [0.25, 0.3) is 0 Å². The van der Waals surface area contributed by atoms with Gasteiger partial charge in [-0.2, -0.15) is 5.26 Å². The molecule has 74 valence electrons. The summed E-state index contributed by atoms with van der Waals surface area (Å²) in [6.45, 7) is 2.42. The number of methoxy groups -OCH3 is 1. The Kier molecular flexibility index (Phi) is 3.96. The molecule has 0 N–H and O–H groups in total. The van der Waals surface area contributed by atoms with E-state index >= 15 is 0 Å². The molecule has 1 aromatic rings. The highest BCUT2D eigenvalue weighted by Crippen LogP contribution is 2.12. The average Bonchev–Trinajstić information content (AvgIpc) is 2.26. The van der Waals surface area contributed by atoms with E-state index < -0.39 is 0 Å². The summed E-state index contributed by atoms with van der Waals surface area (Å²) in [6.07, 6.45) is 0.0562. The molecule has 0 amide bonds. The van der Waals surface area contributed by atoms with E-state index in [2.05, 4.69) is 6.07 Å². The molecule has 0 aliphatic carbocycles. The minimum absolute atomic E-state index is 0.0562. The van der Waals surface area contributed by atoms with Gasteiger partial charge >= 0.3 is 0 Å². The molecule has 0 aliphatic rings. The maximum absolute atomic E-state index is 8.66. The summed E-state index contributed by atoms with van der Waals surface area (Å²) in [7, 11) is 1.64. The molecule has 0 aromatic heterocycles. The van der Waals surface area contributed by atoms with E-state index in [9.17, 15) is 0 Å². The molecule has 0 bridgehead atoms. The molecule has 0 radical (unpaired) electrons. The second-order valence-electron chi connectivity index (χ2n) is 3.00. The molecule has 3 nitrogen and oxygen atoms in total. The van der Waals surface area contributed by atoms with E-state index in [0.29, 0.717) is 17.9 Å². The highest BCUT2D eigenvalue weighted by molar-refractivity contribution is 5.36. The van der Waals surface area contributed by atoms with Crippen molar-refractivity contribution in [2.24, 2.45) is 0 Å². The summed E-state index contributed by atoms with van der Waals surface area (Å²) >= 11 is 0. The molecule has 0 saturated carbocycles. The van der Waals surface area contributed by atoms with Crippen LogP contribution >= 0.6 is 0 Å². The van der Waals surface area contributed by atoms with Crippen molar-refractivity contribution in [1.82, 2.24) is 0 Å². The van der Waals surface area contributed by atoms with Gasteiger partial charge in [-0.1, -0.05) is 6.07 Å². The van der Waals surface area contributed by atoms with Crippen molar-refractivity contribution in [1.29, 1.82) is 5.26 Å². The Labute approximate surface area is 83.9 Å². The summed E-state index contributed by atoms with van der Waals surface area (Å²) in [5.41, 5.74) is 0.604. The van der Waals surface area contributed by atoms with Crippen molar-refractivity contribution < 1.29 is 9.47 Å². The summed E-state index contributed by atoms with van der Waals surface area (Å²) in [6, 6.07) is 9.13. The summed E-state index contributed by atoms with van der Waals surface area (Å²) < 4.78 is 10.5. The van der Waals surface area contributed by atoms with Gasteiger partial charge in [-0.15, -0.1) is 0 Å². The summed E-state index contributed by atoms with van der Waals surface area (Å²) in [5, 5.41) is 8.66. The first-order valence-electron chi connectivity index (χ1n) is 4.42. The third kappa shape index (κ3) is 3.08. The Bertz CT molecular complexity index is 330. The van der Waals surface area contributed by atoms with Crippen molar-refractivity contribution >= 4 is 0 Å². The fourth-order valence-electron chi connectivity index (χ4n) is 0.937. The molecule has 14 heavy (non-hydrogen) atoms. The predicted molar refractivity (Wildman–Crippen MR) is 53.1 cm³/mol. The van der Waals surface area contributed by atoms with Crippen LogP contribution in [0, 0.1) is 11.3 Å². The SMILES string of the molecule is COC(C)COc1cccc(C#N)c1. The number of ether oxygens (including phenoxy) is 2. The lowest BCUT2D eigenvalue weighted by Crippen LogP contribution is -2.15. The molecular formula is C11H13NO2. The minimum Gasteiger partial charge on any atom is -0.491 e. The van der Waals surface area contributed by atoms with Gasteiger partial charge in [0.2, 0.25) is 0 Å². The second-order valence-corrected chi connectivity index (χ2v) is 3.00. The number of rotatable bonds is 4. The maximum atomic E-state index is 8.66. The first-order chi connectivity index (χ1) is 6.76. The zero-order chi connectivity index (χ0) is 10.4.